The van der Waals surface area contributed by atoms with Crippen molar-refractivity contribution < 1.29 is 0 Å². The van der Waals surface area contributed by atoms with Crippen LogP contribution in [0.3, 0.4) is 0 Å². The Labute approximate surface area is 109 Å². The summed E-state index contributed by atoms with van der Waals surface area (Å²) in [7, 11) is 2.22. The summed E-state index contributed by atoms with van der Waals surface area (Å²) < 4.78 is 0. The number of hydrogen-bond acceptors (Lipinski definition) is 2. The summed E-state index contributed by atoms with van der Waals surface area (Å²) in [5, 5.41) is 4.35. The van der Waals surface area contributed by atoms with Crippen LogP contribution in [0.4, 0.5) is 5.69 Å². The van der Waals surface area contributed by atoms with Crippen LogP contribution in [0.15, 0.2) is 18.2 Å². The van der Waals surface area contributed by atoms with Crippen LogP contribution in [-0.4, -0.2) is 31.1 Å². The van der Waals surface area contributed by atoms with Crippen LogP contribution >= 0.6 is 11.6 Å². The van der Waals surface area contributed by atoms with Gasteiger partial charge >= 0.3 is 0 Å². The second-order valence-corrected chi connectivity index (χ2v) is 5.41. The molecule has 0 spiro atoms. The molecular weight excluding hydrogens is 232 g/mol. The van der Waals surface area contributed by atoms with E-state index in [-0.39, 0.29) is 0 Å². The fourth-order valence-corrected chi connectivity index (χ4v) is 2.68. The molecule has 0 aromatic heterocycles. The zero-order valence-corrected chi connectivity index (χ0v) is 11.4. The molecule has 0 aliphatic carbocycles. The number of anilines is 1. The molecule has 0 bridgehead atoms. The summed E-state index contributed by atoms with van der Waals surface area (Å²) >= 11 is 5.95. The van der Waals surface area contributed by atoms with E-state index in [1.807, 2.05) is 12.1 Å². The number of hydrogen-bond donors (Lipinski definition) is 1. The van der Waals surface area contributed by atoms with Crippen molar-refractivity contribution in [1.82, 2.24) is 4.90 Å². The van der Waals surface area contributed by atoms with Crippen LogP contribution < -0.4 is 5.32 Å². The largest absolute Gasteiger partial charge is 0.383 e. The maximum absolute atomic E-state index is 5.95. The molecule has 1 saturated heterocycles. The molecule has 1 heterocycles. The average molecular weight is 253 g/mol. The third-order valence-corrected chi connectivity index (χ3v) is 3.87. The first-order valence-corrected chi connectivity index (χ1v) is 6.75. The maximum Gasteiger partial charge on any atom is 0.0410 e. The molecule has 3 heteroatoms. The molecule has 1 N–H and O–H groups in total. The Hall–Kier alpha value is -0.730. The van der Waals surface area contributed by atoms with E-state index < -0.39 is 0 Å². The fraction of sp³-hybridized carbons (Fsp3) is 0.571. The fourth-order valence-electron chi connectivity index (χ4n) is 2.46. The molecule has 17 heavy (non-hydrogen) atoms. The molecule has 0 amide bonds. The first-order chi connectivity index (χ1) is 8.16. The summed E-state index contributed by atoms with van der Waals surface area (Å²) in [6, 6.07) is 6.69. The Balaban J connectivity index is 1.92. The molecule has 0 radical (unpaired) electrons. The molecule has 1 aliphatic rings. The summed E-state index contributed by atoms with van der Waals surface area (Å²) in [6.07, 6.45) is 4.00. The smallest absolute Gasteiger partial charge is 0.0410 e. The number of piperidine rings is 1. The number of likely N-dealkylation sites (N-methyl/N-ethyl adjacent to an activating group) is 1. The van der Waals surface area contributed by atoms with Crippen molar-refractivity contribution in [2.24, 2.45) is 0 Å². The minimum Gasteiger partial charge on any atom is -0.383 e. The zero-order valence-electron chi connectivity index (χ0n) is 10.7. The summed E-state index contributed by atoms with van der Waals surface area (Å²) in [5.41, 5.74) is 2.42. The lowest BCUT2D eigenvalue weighted by Gasteiger charge is -2.32. The second-order valence-electron chi connectivity index (χ2n) is 4.97. The van der Waals surface area contributed by atoms with Crippen molar-refractivity contribution in [1.29, 1.82) is 0 Å². The summed E-state index contributed by atoms with van der Waals surface area (Å²) in [6.45, 7) is 4.35. The van der Waals surface area contributed by atoms with Gasteiger partial charge in [0.25, 0.3) is 0 Å². The Morgan fingerprint density at radius 1 is 1.41 bits per heavy atom. The van der Waals surface area contributed by atoms with E-state index in [9.17, 15) is 0 Å². The number of rotatable bonds is 3. The predicted molar refractivity (Wildman–Crippen MR) is 74.9 cm³/mol. The molecule has 1 unspecified atom stereocenters. The number of nitrogens with zero attached hydrogens (tertiary/aromatic N) is 1. The monoisotopic (exact) mass is 252 g/mol. The van der Waals surface area contributed by atoms with E-state index in [0.717, 1.165) is 11.6 Å². The van der Waals surface area contributed by atoms with Gasteiger partial charge in [0, 0.05) is 23.3 Å². The van der Waals surface area contributed by atoms with Crippen LogP contribution in [0.25, 0.3) is 0 Å². The summed E-state index contributed by atoms with van der Waals surface area (Å²) in [4.78, 5) is 2.46. The Morgan fingerprint density at radius 3 is 2.94 bits per heavy atom. The van der Waals surface area contributed by atoms with Gasteiger partial charge in [0.2, 0.25) is 0 Å². The molecular formula is C14H21ClN2. The van der Waals surface area contributed by atoms with Crippen molar-refractivity contribution in [3.8, 4) is 0 Å². The average Bonchev–Trinajstić information content (AvgIpc) is 2.30. The van der Waals surface area contributed by atoms with Crippen LogP contribution in [0, 0.1) is 6.92 Å². The number of aryl methyl sites for hydroxylation is 1. The number of halogens is 1. The molecule has 2 nitrogen and oxygen atoms in total. The van der Waals surface area contributed by atoms with Crippen molar-refractivity contribution in [3.05, 3.63) is 28.8 Å². The van der Waals surface area contributed by atoms with E-state index >= 15 is 0 Å². The molecule has 1 aromatic rings. The van der Waals surface area contributed by atoms with Crippen molar-refractivity contribution >= 4 is 17.3 Å². The lowest BCUT2D eigenvalue weighted by atomic mass is 10.0. The highest BCUT2D eigenvalue weighted by atomic mass is 35.5. The minimum atomic E-state index is 0.666. The van der Waals surface area contributed by atoms with Crippen LogP contribution in [-0.2, 0) is 0 Å². The van der Waals surface area contributed by atoms with Crippen molar-refractivity contribution in [2.45, 2.75) is 32.2 Å². The van der Waals surface area contributed by atoms with E-state index in [0.29, 0.717) is 6.04 Å². The van der Waals surface area contributed by atoms with E-state index in [2.05, 4.69) is 30.3 Å². The van der Waals surface area contributed by atoms with Gasteiger partial charge in [-0.3, -0.25) is 0 Å². The molecule has 0 saturated carbocycles. The Bertz CT molecular complexity index is 378. The molecule has 1 fully saturated rings. The topological polar surface area (TPSA) is 15.3 Å². The van der Waals surface area contributed by atoms with Crippen LogP contribution in [0.5, 0.6) is 0 Å². The van der Waals surface area contributed by atoms with E-state index in [1.165, 1.54) is 37.1 Å². The number of benzene rings is 1. The Kier molecular flexibility index (Phi) is 4.30. The summed E-state index contributed by atoms with van der Waals surface area (Å²) in [5.74, 6) is 0. The van der Waals surface area contributed by atoms with Crippen molar-refractivity contribution in [2.75, 3.05) is 25.5 Å². The SMILES string of the molecule is Cc1cc(Cl)ccc1NCC1CCCCN1C. The lowest BCUT2D eigenvalue weighted by molar-refractivity contribution is 0.194. The number of nitrogens with one attached hydrogen (secondary N) is 1. The highest BCUT2D eigenvalue weighted by Gasteiger charge is 2.18. The highest BCUT2D eigenvalue weighted by Crippen LogP contribution is 2.21. The normalized spacial score (nSPS) is 21.5. The molecule has 1 atom stereocenters. The van der Waals surface area contributed by atoms with Gasteiger partial charge in [0.15, 0.2) is 0 Å². The van der Waals surface area contributed by atoms with Gasteiger partial charge < -0.3 is 10.2 Å². The zero-order chi connectivity index (χ0) is 12.3. The molecule has 1 aliphatic heterocycles. The third kappa shape index (κ3) is 3.36. The first-order valence-electron chi connectivity index (χ1n) is 6.37. The van der Waals surface area contributed by atoms with Crippen LogP contribution in [0.1, 0.15) is 24.8 Å². The maximum atomic E-state index is 5.95. The van der Waals surface area contributed by atoms with E-state index in [4.69, 9.17) is 11.6 Å². The van der Waals surface area contributed by atoms with Gasteiger partial charge in [-0.1, -0.05) is 18.0 Å². The molecule has 2 rings (SSSR count). The highest BCUT2D eigenvalue weighted by molar-refractivity contribution is 6.30. The molecule has 1 aromatic carbocycles. The molecule has 94 valence electrons. The second kappa shape index (κ2) is 5.74. The van der Waals surface area contributed by atoms with Crippen LogP contribution in [0.2, 0.25) is 5.02 Å². The van der Waals surface area contributed by atoms with Crippen molar-refractivity contribution in [3.63, 3.8) is 0 Å². The third-order valence-electron chi connectivity index (χ3n) is 3.64. The van der Waals surface area contributed by atoms with Gasteiger partial charge in [-0.25, -0.2) is 0 Å². The quantitative estimate of drug-likeness (QED) is 0.885. The van der Waals surface area contributed by atoms with Gasteiger partial charge in [0.1, 0.15) is 0 Å². The van der Waals surface area contributed by atoms with Gasteiger partial charge in [-0.15, -0.1) is 0 Å². The van der Waals surface area contributed by atoms with Gasteiger partial charge in [0.05, 0.1) is 0 Å². The minimum absolute atomic E-state index is 0.666. The van der Waals surface area contributed by atoms with Gasteiger partial charge in [-0.05, 0) is 57.1 Å². The number of likely N-dealkylation sites (tertiary alicyclic amines) is 1. The standard InChI is InChI=1S/C14H21ClN2/c1-11-9-12(15)6-7-14(11)16-10-13-5-3-4-8-17(13)2/h6-7,9,13,16H,3-5,8,10H2,1-2H3. The van der Waals surface area contributed by atoms with Gasteiger partial charge in [-0.2, -0.15) is 0 Å². The Morgan fingerprint density at radius 2 is 2.24 bits per heavy atom. The van der Waals surface area contributed by atoms with E-state index in [1.54, 1.807) is 0 Å². The predicted octanol–water partition coefficient (Wildman–Crippen LogP) is 3.54. The lowest BCUT2D eigenvalue weighted by Crippen LogP contribution is -2.40. The first kappa shape index (κ1) is 12.7.